The highest BCUT2D eigenvalue weighted by Crippen LogP contribution is 2.26. The fraction of sp³-hybridized carbons (Fsp3) is 0.412. The summed E-state index contributed by atoms with van der Waals surface area (Å²) in [7, 11) is 1.69. The zero-order valence-corrected chi connectivity index (χ0v) is 13.2. The molecule has 5 nitrogen and oxygen atoms in total. The number of hydrogen-bond donors (Lipinski definition) is 0. The van der Waals surface area contributed by atoms with Crippen molar-refractivity contribution < 1.29 is 14.1 Å². The van der Waals surface area contributed by atoms with Crippen LogP contribution in [0.2, 0.25) is 0 Å². The van der Waals surface area contributed by atoms with Crippen LogP contribution in [0.4, 0.5) is 0 Å². The van der Waals surface area contributed by atoms with Crippen molar-refractivity contribution in [2.45, 2.75) is 39.7 Å². The maximum absolute atomic E-state index is 5.55. The first-order valence-electron chi connectivity index (χ1n) is 7.47. The summed E-state index contributed by atoms with van der Waals surface area (Å²) in [4.78, 5) is 5.55. The molecule has 1 aliphatic carbocycles. The smallest absolute Gasteiger partial charge is 0.147 e. The normalized spacial score (nSPS) is 15.7. The first kappa shape index (κ1) is 14.6. The second-order valence-electron chi connectivity index (χ2n) is 5.49. The Morgan fingerprint density at radius 3 is 2.86 bits per heavy atom. The molecule has 1 aliphatic rings. The van der Waals surface area contributed by atoms with Crippen molar-refractivity contribution in [1.82, 2.24) is 5.16 Å². The fourth-order valence-corrected chi connectivity index (χ4v) is 2.74. The molecule has 0 saturated carbocycles. The molecule has 0 bridgehead atoms. The largest absolute Gasteiger partial charge is 0.497 e. The minimum absolute atomic E-state index is 0.385. The second-order valence-corrected chi connectivity index (χ2v) is 5.49. The van der Waals surface area contributed by atoms with Crippen LogP contribution in [0.5, 0.6) is 5.75 Å². The van der Waals surface area contributed by atoms with Gasteiger partial charge in [0.25, 0.3) is 0 Å². The Labute approximate surface area is 129 Å². The summed E-state index contributed by atoms with van der Waals surface area (Å²) in [6, 6.07) is 6.11. The van der Waals surface area contributed by atoms with E-state index in [2.05, 4.69) is 22.4 Å². The van der Waals surface area contributed by atoms with Crippen LogP contribution in [0.1, 0.15) is 41.0 Å². The molecule has 3 rings (SSSR count). The van der Waals surface area contributed by atoms with E-state index < -0.39 is 0 Å². The average Bonchev–Trinajstić information content (AvgIpc) is 2.86. The predicted molar refractivity (Wildman–Crippen MR) is 83.2 cm³/mol. The SMILES string of the molecule is COc1ccc2c(c1)CCCC2=NOCc1c(C)noc1C. The molecule has 0 radical (unpaired) electrons. The first-order valence-corrected chi connectivity index (χ1v) is 7.47. The molecule has 1 aromatic carbocycles. The molecule has 22 heavy (non-hydrogen) atoms. The van der Waals surface area contributed by atoms with Gasteiger partial charge in [-0.15, -0.1) is 0 Å². The molecule has 5 heteroatoms. The Balaban J connectivity index is 1.76. The molecule has 0 aliphatic heterocycles. The number of nitrogens with zero attached hydrogens (tertiary/aromatic N) is 2. The van der Waals surface area contributed by atoms with Crippen molar-refractivity contribution in [3.8, 4) is 5.75 Å². The van der Waals surface area contributed by atoms with Crippen molar-refractivity contribution in [3.05, 3.63) is 46.3 Å². The minimum Gasteiger partial charge on any atom is -0.497 e. The van der Waals surface area contributed by atoms with Gasteiger partial charge in [-0.2, -0.15) is 0 Å². The lowest BCUT2D eigenvalue weighted by Gasteiger charge is -2.18. The van der Waals surface area contributed by atoms with E-state index in [0.717, 1.165) is 53.3 Å². The van der Waals surface area contributed by atoms with E-state index in [0.29, 0.717) is 6.61 Å². The van der Waals surface area contributed by atoms with Gasteiger partial charge in [-0.1, -0.05) is 10.3 Å². The predicted octanol–water partition coefficient (Wildman–Crippen LogP) is 3.56. The van der Waals surface area contributed by atoms with E-state index in [1.165, 1.54) is 5.56 Å². The minimum atomic E-state index is 0.385. The van der Waals surface area contributed by atoms with Crippen LogP contribution in [0.15, 0.2) is 27.9 Å². The Kier molecular flexibility index (Phi) is 4.13. The van der Waals surface area contributed by atoms with E-state index in [4.69, 9.17) is 14.1 Å². The molecule has 0 atom stereocenters. The van der Waals surface area contributed by atoms with Crippen LogP contribution >= 0.6 is 0 Å². The number of methoxy groups -OCH3 is 1. The van der Waals surface area contributed by atoms with E-state index in [9.17, 15) is 0 Å². The molecular formula is C17H20N2O3. The summed E-state index contributed by atoms with van der Waals surface area (Å²) in [5.74, 6) is 1.67. The second kappa shape index (κ2) is 6.22. The maximum Gasteiger partial charge on any atom is 0.147 e. The van der Waals surface area contributed by atoms with E-state index in [-0.39, 0.29) is 0 Å². The molecule has 0 saturated heterocycles. The van der Waals surface area contributed by atoms with Crippen LogP contribution in [0, 0.1) is 13.8 Å². The number of ether oxygens (including phenoxy) is 1. The summed E-state index contributed by atoms with van der Waals surface area (Å²) in [5, 5.41) is 8.26. The van der Waals surface area contributed by atoms with Gasteiger partial charge in [-0.25, -0.2) is 0 Å². The lowest BCUT2D eigenvalue weighted by molar-refractivity contribution is 0.128. The lowest BCUT2D eigenvalue weighted by atomic mass is 9.90. The molecule has 1 aromatic heterocycles. The van der Waals surface area contributed by atoms with Crippen LogP contribution in [0.3, 0.4) is 0 Å². The molecule has 1 heterocycles. The van der Waals surface area contributed by atoms with Crippen LogP contribution in [-0.4, -0.2) is 18.0 Å². The standard InChI is InChI=1S/C17H20N2O3/c1-11-16(12(2)22-18-11)10-21-19-17-6-4-5-13-9-14(20-3)7-8-15(13)17/h7-9H,4-6,10H2,1-3H3. The van der Waals surface area contributed by atoms with Crippen molar-refractivity contribution in [2.24, 2.45) is 5.16 Å². The van der Waals surface area contributed by atoms with E-state index in [1.54, 1.807) is 7.11 Å². The van der Waals surface area contributed by atoms with Gasteiger partial charge in [-0.3, -0.25) is 0 Å². The molecule has 0 unspecified atom stereocenters. The number of benzene rings is 1. The molecule has 0 amide bonds. The van der Waals surface area contributed by atoms with E-state index in [1.807, 2.05) is 19.9 Å². The van der Waals surface area contributed by atoms with Crippen LogP contribution in [-0.2, 0) is 17.9 Å². The molecular weight excluding hydrogens is 280 g/mol. The van der Waals surface area contributed by atoms with Crippen molar-refractivity contribution in [2.75, 3.05) is 7.11 Å². The van der Waals surface area contributed by atoms with Gasteiger partial charge < -0.3 is 14.1 Å². The third kappa shape index (κ3) is 2.84. The monoisotopic (exact) mass is 300 g/mol. The zero-order chi connectivity index (χ0) is 15.5. The topological polar surface area (TPSA) is 56.9 Å². The number of rotatable bonds is 4. The summed E-state index contributed by atoms with van der Waals surface area (Å²) < 4.78 is 10.4. The quantitative estimate of drug-likeness (QED) is 0.810. The first-order chi connectivity index (χ1) is 10.7. The summed E-state index contributed by atoms with van der Waals surface area (Å²) in [5.41, 5.74) is 5.24. The Bertz CT molecular complexity index is 684. The Morgan fingerprint density at radius 2 is 2.14 bits per heavy atom. The highest BCUT2D eigenvalue weighted by Gasteiger charge is 2.17. The number of aromatic nitrogens is 1. The molecule has 0 spiro atoms. The van der Waals surface area contributed by atoms with Gasteiger partial charge in [0, 0.05) is 5.56 Å². The molecule has 0 N–H and O–H groups in total. The number of fused-ring (bicyclic) bond motifs is 1. The Morgan fingerprint density at radius 1 is 1.27 bits per heavy atom. The van der Waals surface area contributed by atoms with Gasteiger partial charge in [0.15, 0.2) is 0 Å². The van der Waals surface area contributed by atoms with Crippen molar-refractivity contribution in [1.29, 1.82) is 0 Å². The average molecular weight is 300 g/mol. The summed E-state index contributed by atoms with van der Waals surface area (Å²) >= 11 is 0. The summed E-state index contributed by atoms with van der Waals surface area (Å²) in [6.07, 6.45) is 3.06. The van der Waals surface area contributed by atoms with Gasteiger partial charge in [0.2, 0.25) is 0 Å². The van der Waals surface area contributed by atoms with Crippen LogP contribution < -0.4 is 4.74 Å². The summed E-state index contributed by atoms with van der Waals surface area (Å²) in [6.45, 7) is 4.18. The van der Waals surface area contributed by atoms with Gasteiger partial charge in [0.05, 0.1) is 24.1 Å². The number of hydrogen-bond acceptors (Lipinski definition) is 5. The van der Waals surface area contributed by atoms with Crippen LogP contribution in [0.25, 0.3) is 0 Å². The van der Waals surface area contributed by atoms with Crippen molar-refractivity contribution >= 4 is 5.71 Å². The number of oxime groups is 1. The van der Waals surface area contributed by atoms with Gasteiger partial charge in [-0.05, 0) is 56.9 Å². The van der Waals surface area contributed by atoms with Gasteiger partial charge >= 0.3 is 0 Å². The fourth-order valence-electron chi connectivity index (χ4n) is 2.74. The third-order valence-electron chi connectivity index (χ3n) is 4.05. The Hall–Kier alpha value is -2.30. The molecule has 116 valence electrons. The molecule has 0 fully saturated rings. The number of aryl methyl sites for hydroxylation is 3. The maximum atomic E-state index is 5.55. The van der Waals surface area contributed by atoms with Gasteiger partial charge in [0.1, 0.15) is 18.1 Å². The highest BCUT2D eigenvalue weighted by molar-refractivity contribution is 6.02. The van der Waals surface area contributed by atoms with Crippen molar-refractivity contribution in [3.63, 3.8) is 0 Å². The zero-order valence-electron chi connectivity index (χ0n) is 13.2. The lowest BCUT2D eigenvalue weighted by Crippen LogP contribution is -2.12. The third-order valence-corrected chi connectivity index (χ3v) is 4.05. The highest BCUT2D eigenvalue weighted by atomic mass is 16.6. The molecule has 2 aromatic rings. The van der Waals surface area contributed by atoms with E-state index >= 15 is 0 Å².